The molecule has 2 heterocycles. The molecule has 1 saturated carbocycles. The van der Waals surface area contributed by atoms with Crippen LogP contribution < -0.4 is 11.1 Å². The first-order chi connectivity index (χ1) is 11.6. The summed E-state index contributed by atoms with van der Waals surface area (Å²) < 4.78 is 10.8. The van der Waals surface area contributed by atoms with Crippen molar-refractivity contribution in [3.8, 4) is 0 Å². The van der Waals surface area contributed by atoms with Crippen molar-refractivity contribution in [2.24, 2.45) is 11.1 Å². The lowest BCUT2D eigenvalue weighted by molar-refractivity contribution is -0.136. The highest BCUT2D eigenvalue weighted by atomic mass is 35.5. The van der Waals surface area contributed by atoms with Crippen LogP contribution in [0.1, 0.15) is 75.5 Å². The Morgan fingerprint density at radius 1 is 1.32 bits per heavy atom. The van der Waals surface area contributed by atoms with Gasteiger partial charge in [-0.25, -0.2) is 0 Å². The summed E-state index contributed by atoms with van der Waals surface area (Å²) in [5.41, 5.74) is 5.34. The van der Waals surface area contributed by atoms with E-state index in [0.29, 0.717) is 44.4 Å². The van der Waals surface area contributed by atoms with Crippen molar-refractivity contribution in [2.45, 2.75) is 63.8 Å². The van der Waals surface area contributed by atoms with Gasteiger partial charge in [0, 0.05) is 25.7 Å². The molecule has 1 amide bonds. The first-order valence-electron chi connectivity index (χ1n) is 9.07. The Balaban J connectivity index is 0.00000225. The third-order valence-corrected chi connectivity index (χ3v) is 5.47. The van der Waals surface area contributed by atoms with Gasteiger partial charge in [0.1, 0.15) is 6.04 Å². The van der Waals surface area contributed by atoms with Crippen LogP contribution in [-0.2, 0) is 9.53 Å². The van der Waals surface area contributed by atoms with Crippen LogP contribution in [0.4, 0.5) is 0 Å². The van der Waals surface area contributed by atoms with Crippen LogP contribution >= 0.6 is 12.4 Å². The molecule has 1 aliphatic heterocycles. The van der Waals surface area contributed by atoms with E-state index in [2.05, 4.69) is 15.5 Å². The molecular weight excluding hydrogens is 344 g/mol. The van der Waals surface area contributed by atoms with Crippen molar-refractivity contribution >= 4 is 18.3 Å². The summed E-state index contributed by atoms with van der Waals surface area (Å²) in [4.78, 5) is 17.2. The number of carbonyl (C=O) groups excluding carboxylic acids is 1. The molecular formula is C17H29ClN4O3. The minimum atomic E-state index is -0.543. The lowest BCUT2D eigenvalue weighted by Crippen LogP contribution is -2.49. The van der Waals surface area contributed by atoms with Crippen molar-refractivity contribution in [3.05, 3.63) is 11.7 Å². The summed E-state index contributed by atoms with van der Waals surface area (Å²) in [5, 5.41) is 7.14. The standard InChI is InChI=1S/C17H28N4O3.ClH/c1-12(19-16(22)17(11-18)7-9-23-10-8-17)15-20-14(21-24-15)13-5-3-2-4-6-13;/h12-13H,2-11,18H2,1H3,(H,19,22);1H. The molecule has 1 aromatic rings. The number of hydrogen-bond donors (Lipinski definition) is 2. The van der Waals surface area contributed by atoms with Crippen LogP contribution in [0.2, 0.25) is 0 Å². The second kappa shape index (κ2) is 8.96. The maximum atomic E-state index is 12.7. The SMILES string of the molecule is CC(NC(=O)C1(CN)CCOCC1)c1nc(C2CCCCC2)no1.Cl. The summed E-state index contributed by atoms with van der Waals surface area (Å²) in [6.07, 6.45) is 7.28. The molecule has 0 spiro atoms. The molecule has 1 unspecified atom stereocenters. The summed E-state index contributed by atoms with van der Waals surface area (Å²) in [7, 11) is 0. The number of nitrogens with zero attached hydrogens (tertiary/aromatic N) is 2. The predicted molar refractivity (Wildman–Crippen MR) is 95.5 cm³/mol. The van der Waals surface area contributed by atoms with Gasteiger partial charge in [0.15, 0.2) is 5.82 Å². The number of halogens is 1. The summed E-state index contributed by atoms with van der Waals surface area (Å²) in [5.74, 6) is 1.61. The smallest absolute Gasteiger partial charge is 0.248 e. The Morgan fingerprint density at radius 3 is 2.64 bits per heavy atom. The summed E-state index contributed by atoms with van der Waals surface area (Å²) in [6.45, 7) is 3.35. The highest BCUT2D eigenvalue weighted by Gasteiger charge is 2.39. The van der Waals surface area contributed by atoms with Gasteiger partial charge in [-0.05, 0) is 32.6 Å². The molecule has 1 aliphatic carbocycles. The van der Waals surface area contributed by atoms with E-state index in [1.54, 1.807) is 0 Å². The second-order valence-electron chi connectivity index (χ2n) is 7.12. The Bertz CT molecular complexity index is 554. The minimum Gasteiger partial charge on any atom is -0.381 e. The molecule has 2 fully saturated rings. The molecule has 25 heavy (non-hydrogen) atoms. The van der Waals surface area contributed by atoms with E-state index in [1.807, 2.05) is 6.92 Å². The Labute approximate surface area is 154 Å². The van der Waals surface area contributed by atoms with Crippen molar-refractivity contribution in [1.82, 2.24) is 15.5 Å². The molecule has 7 nitrogen and oxygen atoms in total. The van der Waals surface area contributed by atoms with Gasteiger partial charge in [0.2, 0.25) is 11.8 Å². The van der Waals surface area contributed by atoms with E-state index >= 15 is 0 Å². The van der Waals surface area contributed by atoms with Gasteiger partial charge in [-0.15, -0.1) is 12.4 Å². The number of carbonyl (C=O) groups is 1. The summed E-state index contributed by atoms with van der Waals surface area (Å²) >= 11 is 0. The number of aromatic nitrogens is 2. The molecule has 3 rings (SSSR count). The summed E-state index contributed by atoms with van der Waals surface area (Å²) in [6, 6.07) is -0.311. The maximum Gasteiger partial charge on any atom is 0.248 e. The molecule has 0 aromatic carbocycles. The predicted octanol–water partition coefficient (Wildman–Crippen LogP) is 2.47. The molecule has 1 atom stereocenters. The monoisotopic (exact) mass is 372 g/mol. The van der Waals surface area contributed by atoms with Gasteiger partial charge < -0.3 is 20.3 Å². The minimum absolute atomic E-state index is 0. The number of rotatable bonds is 5. The average Bonchev–Trinajstić information content (AvgIpc) is 3.13. The molecule has 1 saturated heterocycles. The topological polar surface area (TPSA) is 103 Å². The normalized spacial score (nSPS) is 22.0. The number of nitrogens with one attached hydrogen (secondary N) is 1. The van der Waals surface area contributed by atoms with E-state index in [4.69, 9.17) is 15.0 Å². The molecule has 1 aromatic heterocycles. The van der Waals surface area contributed by atoms with Crippen LogP contribution in [-0.4, -0.2) is 35.8 Å². The van der Waals surface area contributed by atoms with E-state index in [9.17, 15) is 4.79 Å². The second-order valence-corrected chi connectivity index (χ2v) is 7.12. The van der Waals surface area contributed by atoms with Crippen LogP contribution in [0.15, 0.2) is 4.52 Å². The van der Waals surface area contributed by atoms with Gasteiger partial charge >= 0.3 is 0 Å². The first kappa shape index (κ1) is 20.1. The fourth-order valence-electron chi connectivity index (χ4n) is 3.65. The molecule has 3 N–H and O–H groups in total. The van der Waals surface area contributed by atoms with Crippen LogP contribution in [0.3, 0.4) is 0 Å². The highest BCUT2D eigenvalue weighted by Crippen LogP contribution is 2.32. The molecule has 142 valence electrons. The molecule has 8 heteroatoms. The van der Waals surface area contributed by atoms with Gasteiger partial charge in [-0.3, -0.25) is 4.79 Å². The average molecular weight is 373 g/mol. The van der Waals surface area contributed by atoms with Crippen molar-refractivity contribution in [1.29, 1.82) is 0 Å². The van der Waals surface area contributed by atoms with Crippen molar-refractivity contribution in [2.75, 3.05) is 19.8 Å². The third kappa shape index (κ3) is 4.51. The van der Waals surface area contributed by atoms with Crippen molar-refractivity contribution in [3.63, 3.8) is 0 Å². The van der Waals surface area contributed by atoms with E-state index < -0.39 is 5.41 Å². The lowest BCUT2D eigenvalue weighted by atomic mass is 9.79. The van der Waals surface area contributed by atoms with Gasteiger partial charge in [-0.1, -0.05) is 24.4 Å². The number of hydrogen-bond acceptors (Lipinski definition) is 6. The Morgan fingerprint density at radius 2 is 2.00 bits per heavy atom. The maximum absolute atomic E-state index is 12.7. The number of ether oxygens (including phenoxy) is 1. The van der Waals surface area contributed by atoms with Crippen LogP contribution in [0, 0.1) is 5.41 Å². The zero-order valence-electron chi connectivity index (χ0n) is 14.8. The van der Waals surface area contributed by atoms with Gasteiger partial charge in [-0.2, -0.15) is 4.98 Å². The van der Waals surface area contributed by atoms with E-state index in [1.165, 1.54) is 19.3 Å². The quantitative estimate of drug-likeness (QED) is 0.822. The van der Waals surface area contributed by atoms with Crippen LogP contribution in [0.25, 0.3) is 0 Å². The van der Waals surface area contributed by atoms with Crippen molar-refractivity contribution < 1.29 is 14.1 Å². The zero-order valence-corrected chi connectivity index (χ0v) is 15.6. The fourth-order valence-corrected chi connectivity index (χ4v) is 3.65. The number of nitrogens with two attached hydrogens (primary N) is 1. The third-order valence-electron chi connectivity index (χ3n) is 5.47. The van der Waals surface area contributed by atoms with E-state index in [-0.39, 0.29) is 24.4 Å². The molecule has 0 bridgehead atoms. The van der Waals surface area contributed by atoms with Gasteiger partial charge in [0.25, 0.3) is 0 Å². The highest BCUT2D eigenvalue weighted by molar-refractivity contribution is 5.85. The largest absolute Gasteiger partial charge is 0.381 e. The number of amides is 1. The Hall–Kier alpha value is -1.18. The zero-order chi connectivity index (χ0) is 17.0. The lowest BCUT2D eigenvalue weighted by Gasteiger charge is -2.35. The van der Waals surface area contributed by atoms with Gasteiger partial charge in [0.05, 0.1) is 5.41 Å². The van der Waals surface area contributed by atoms with Crippen LogP contribution in [0.5, 0.6) is 0 Å². The van der Waals surface area contributed by atoms with E-state index in [0.717, 1.165) is 18.7 Å². The Kier molecular flexibility index (Phi) is 7.22. The first-order valence-corrected chi connectivity index (χ1v) is 9.07. The molecule has 0 radical (unpaired) electrons. The molecule has 2 aliphatic rings. The fraction of sp³-hybridized carbons (Fsp3) is 0.824.